The molecule has 1 amide bonds. The van der Waals surface area contributed by atoms with Crippen molar-refractivity contribution in [3.8, 4) is 11.4 Å². The van der Waals surface area contributed by atoms with Crippen molar-refractivity contribution in [3.63, 3.8) is 0 Å². The number of H-pyrrole nitrogens is 1. The van der Waals surface area contributed by atoms with E-state index in [1.165, 1.54) is 6.07 Å². The van der Waals surface area contributed by atoms with Crippen molar-refractivity contribution < 1.29 is 18.7 Å². The van der Waals surface area contributed by atoms with Crippen LogP contribution in [0.5, 0.6) is 0 Å². The van der Waals surface area contributed by atoms with Crippen LogP contribution in [0.4, 0.5) is 10.2 Å². The Labute approximate surface area is 154 Å². The van der Waals surface area contributed by atoms with Crippen molar-refractivity contribution in [3.05, 3.63) is 35.3 Å². The Balaban J connectivity index is 1.85. The summed E-state index contributed by atoms with van der Waals surface area (Å²) in [5, 5.41) is 9.31. The molecule has 0 unspecified atom stereocenters. The first-order valence-corrected chi connectivity index (χ1v) is 8.33. The van der Waals surface area contributed by atoms with Gasteiger partial charge in [-0.3, -0.25) is 14.7 Å². The molecule has 0 bridgehead atoms. The molecule has 3 aromatic rings. The van der Waals surface area contributed by atoms with Gasteiger partial charge in [0.2, 0.25) is 5.91 Å². The summed E-state index contributed by atoms with van der Waals surface area (Å²) >= 11 is 0. The quantitative estimate of drug-likeness (QED) is 0.527. The molecular weight excluding hydrogens is 353 g/mol. The van der Waals surface area contributed by atoms with E-state index in [1.807, 2.05) is 0 Å². The molecule has 0 saturated heterocycles. The summed E-state index contributed by atoms with van der Waals surface area (Å²) in [6.07, 6.45) is -0.393. The molecule has 8 nitrogen and oxygen atoms in total. The predicted octanol–water partition coefficient (Wildman–Crippen LogP) is 2.67. The normalized spacial score (nSPS) is 10.8. The van der Waals surface area contributed by atoms with Gasteiger partial charge in [0.1, 0.15) is 29.1 Å². The number of aromatic amines is 1. The molecule has 0 atom stereocenters. The van der Waals surface area contributed by atoms with Gasteiger partial charge >= 0.3 is 5.97 Å². The number of fused-ring (bicyclic) bond motifs is 1. The molecule has 1 aromatic carbocycles. The standard InChI is InChI=1S/C18H18FN5O3/c1-4-27-16(26)8-15(25)22-14-7-13(23-24-14)17-10(3)20-18-11(19)5-9(2)6-12(18)21-17/h5-7H,4,8H2,1-3H3,(H2,22,23,24,25). The lowest BCUT2D eigenvalue weighted by molar-refractivity contribution is -0.145. The molecule has 0 aliphatic rings. The second-order valence-electron chi connectivity index (χ2n) is 5.97. The number of benzene rings is 1. The maximum atomic E-state index is 14.1. The van der Waals surface area contributed by atoms with E-state index >= 15 is 0 Å². The largest absolute Gasteiger partial charge is 0.466 e. The smallest absolute Gasteiger partial charge is 0.315 e. The highest BCUT2D eigenvalue weighted by Crippen LogP contribution is 2.25. The molecule has 3 rings (SSSR count). The Morgan fingerprint density at radius 3 is 2.74 bits per heavy atom. The monoisotopic (exact) mass is 371 g/mol. The van der Waals surface area contributed by atoms with Crippen LogP contribution in [0.2, 0.25) is 0 Å². The van der Waals surface area contributed by atoms with Crippen LogP contribution >= 0.6 is 0 Å². The van der Waals surface area contributed by atoms with Crippen LogP contribution in [0.1, 0.15) is 24.6 Å². The number of nitrogens with one attached hydrogen (secondary N) is 2. The van der Waals surface area contributed by atoms with E-state index < -0.39 is 24.1 Å². The average molecular weight is 371 g/mol. The Morgan fingerprint density at radius 2 is 2.00 bits per heavy atom. The molecule has 0 radical (unpaired) electrons. The number of nitrogens with zero attached hydrogens (tertiary/aromatic N) is 3. The zero-order valence-electron chi connectivity index (χ0n) is 15.1. The highest BCUT2D eigenvalue weighted by Gasteiger charge is 2.16. The highest BCUT2D eigenvalue weighted by atomic mass is 19.1. The van der Waals surface area contributed by atoms with Crippen LogP contribution in [0.25, 0.3) is 22.4 Å². The van der Waals surface area contributed by atoms with E-state index in [1.54, 1.807) is 32.9 Å². The Morgan fingerprint density at radius 1 is 1.22 bits per heavy atom. The lowest BCUT2D eigenvalue weighted by Crippen LogP contribution is -2.18. The topological polar surface area (TPSA) is 110 Å². The zero-order chi connectivity index (χ0) is 19.6. The fourth-order valence-corrected chi connectivity index (χ4v) is 2.62. The van der Waals surface area contributed by atoms with Crippen LogP contribution in [0.3, 0.4) is 0 Å². The Kier molecular flexibility index (Phi) is 5.11. The van der Waals surface area contributed by atoms with Crippen LogP contribution in [-0.4, -0.2) is 38.6 Å². The number of rotatable bonds is 5. The first-order chi connectivity index (χ1) is 12.9. The molecule has 0 spiro atoms. The second-order valence-corrected chi connectivity index (χ2v) is 5.97. The first kappa shape index (κ1) is 18.4. The minimum atomic E-state index is -0.608. The predicted molar refractivity (Wildman–Crippen MR) is 96.4 cm³/mol. The third-order valence-electron chi connectivity index (χ3n) is 3.75. The van der Waals surface area contributed by atoms with Crippen molar-refractivity contribution in [1.82, 2.24) is 20.2 Å². The van der Waals surface area contributed by atoms with Gasteiger partial charge in [-0.2, -0.15) is 5.10 Å². The van der Waals surface area contributed by atoms with Crippen molar-refractivity contribution in [1.29, 1.82) is 0 Å². The number of halogens is 1. The number of aryl methyl sites for hydroxylation is 2. The maximum Gasteiger partial charge on any atom is 0.315 e. The second kappa shape index (κ2) is 7.48. The molecule has 27 heavy (non-hydrogen) atoms. The van der Waals surface area contributed by atoms with Gasteiger partial charge in [0.25, 0.3) is 0 Å². The maximum absolute atomic E-state index is 14.1. The van der Waals surface area contributed by atoms with Gasteiger partial charge in [-0.15, -0.1) is 0 Å². The molecule has 2 heterocycles. The van der Waals surface area contributed by atoms with Gasteiger partial charge in [-0.25, -0.2) is 14.4 Å². The molecule has 9 heteroatoms. The number of hydrogen-bond donors (Lipinski definition) is 2. The Bertz CT molecular complexity index is 1030. The number of anilines is 1. The van der Waals surface area contributed by atoms with Crippen LogP contribution in [0.15, 0.2) is 18.2 Å². The number of carbonyl (C=O) groups excluding carboxylic acids is 2. The molecule has 140 valence electrons. The van der Waals surface area contributed by atoms with Gasteiger partial charge in [0, 0.05) is 6.07 Å². The summed E-state index contributed by atoms with van der Waals surface area (Å²) < 4.78 is 18.8. The lowest BCUT2D eigenvalue weighted by Gasteiger charge is -2.06. The zero-order valence-corrected chi connectivity index (χ0v) is 15.1. The van der Waals surface area contributed by atoms with Crippen molar-refractivity contribution in [2.45, 2.75) is 27.2 Å². The fraction of sp³-hybridized carbons (Fsp3) is 0.278. The van der Waals surface area contributed by atoms with Crippen molar-refractivity contribution in [2.75, 3.05) is 11.9 Å². The third-order valence-corrected chi connectivity index (χ3v) is 3.75. The van der Waals surface area contributed by atoms with Gasteiger partial charge < -0.3 is 10.1 Å². The highest BCUT2D eigenvalue weighted by molar-refractivity contribution is 6.01. The van der Waals surface area contributed by atoms with Gasteiger partial charge in [-0.1, -0.05) is 0 Å². The van der Waals surface area contributed by atoms with Gasteiger partial charge in [0.05, 0.1) is 17.8 Å². The summed E-state index contributed by atoms with van der Waals surface area (Å²) in [7, 11) is 0. The molecular formula is C18H18FN5O3. The number of esters is 1. The summed E-state index contributed by atoms with van der Waals surface area (Å²) in [5.74, 6) is -1.26. The first-order valence-electron chi connectivity index (χ1n) is 8.33. The number of hydrogen-bond acceptors (Lipinski definition) is 6. The minimum Gasteiger partial charge on any atom is -0.466 e. The minimum absolute atomic E-state index is 0.195. The van der Waals surface area contributed by atoms with Crippen LogP contribution in [0, 0.1) is 19.7 Å². The van der Waals surface area contributed by atoms with Crippen molar-refractivity contribution in [2.24, 2.45) is 0 Å². The number of amides is 1. The Hall–Kier alpha value is -3.36. The summed E-state index contributed by atoms with van der Waals surface area (Å²) in [5.41, 5.74) is 2.76. The number of carbonyl (C=O) groups is 2. The summed E-state index contributed by atoms with van der Waals surface area (Å²) in [6.45, 7) is 5.35. The van der Waals surface area contributed by atoms with E-state index in [0.29, 0.717) is 28.4 Å². The number of ether oxygens (including phenoxy) is 1. The summed E-state index contributed by atoms with van der Waals surface area (Å²) in [6, 6.07) is 4.71. The van der Waals surface area contributed by atoms with Gasteiger partial charge in [0.15, 0.2) is 5.82 Å². The van der Waals surface area contributed by atoms with E-state index in [0.717, 1.165) is 5.56 Å². The lowest BCUT2D eigenvalue weighted by atomic mass is 10.1. The van der Waals surface area contributed by atoms with Crippen LogP contribution < -0.4 is 5.32 Å². The number of aromatic nitrogens is 4. The summed E-state index contributed by atoms with van der Waals surface area (Å²) in [4.78, 5) is 31.9. The molecule has 0 aliphatic heterocycles. The van der Waals surface area contributed by atoms with Crippen LogP contribution in [-0.2, 0) is 14.3 Å². The van der Waals surface area contributed by atoms with Crippen molar-refractivity contribution >= 4 is 28.7 Å². The van der Waals surface area contributed by atoms with E-state index in [2.05, 4.69) is 25.5 Å². The molecule has 0 fully saturated rings. The molecule has 2 N–H and O–H groups in total. The molecule has 0 aliphatic carbocycles. The molecule has 2 aromatic heterocycles. The van der Waals surface area contributed by atoms with E-state index in [4.69, 9.17) is 4.74 Å². The van der Waals surface area contributed by atoms with Gasteiger partial charge in [-0.05, 0) is 38.5 Å². The average Bonchev–Trinajstić information content (AvgIpc) is 3.03. The third kappa shape index (κ3) is 4.08. The van der Waals surface area contributed by atoms with E-state index in [9.17, 15) is 14.0 Å². The van der Waals surface area contributed by atoms with E-state index in [-0.39, 0.29) is 12.1 Å². The fourth-order valence-electron chi connectivity index (χ4n) is 2.62. The SMILES string of the molecule is CCOC(=O)CC(=O)Nc1cc(-c2nc3cc(C)cc(F)c3nc2C)n[nH]1. The molecule has 0 saturated carbocycles.